The van der Waals surface area contributed by atoms with Crippen molar-refractivity contribution in [3.8, 4) is 11.5 Å². The van der Waals surface area contributed by atoms with Gasteiger partial charge in [0.1, 0.15) is 0 Å². The van der Waals surface area contributed by atoms with Crippen molar-refractivity contribution in [2.75, 3.05) is 12.4 Å². The molecule has 0 radical (unpaired) electrons. The summed E-state index contributed by atoms with van der Waals surface area (Å²) in [5, 5.41) is 11.9. The lowest BCUT2D eigenvalue weighted by molar-refractivity contribution is 0.102. The topological polar surface area (TPSA) is 67.8 Å². The number of aliphatic hydroxyl groups is 1. The fourth-order valence-corrected chi connectivity index (χ4v) is 2.11. The van der Waals surface area contributed by atoms with Gasteiger partial charge < -0.3 is 19.9 Å². The number of carbonyl (C=O) groups is 1. The molecule has 2 N–H and O–H groups in total. The first-order chi connectivity index (χ1) is 11.0. The van der Waals surface area contributed by atoms with Gasteiger partial charge in [-0.1, -0.05) is 12.1 Å². The monoisotopic (exact) mass is 315 g/mol. The Morgan fingerprint density at radius 3 is 2.61 bits per heavy atom. The van der Waals surface area contributed by atoms with Gasteiger partial charge in [-0.2, -0.15) is 0 Å². The van der Waals surface area contributed by atoms with E-state index in [4.69, 9.17) is 14.6 Å². The fourth-order valence-electron chi connectivity index (χ4n) is 2.11. The Morgan fingerprint density at radius 1 is 1.17 bits per heavy atom. The second-order valence-electron chi connectivity index (χ2n) is 5.34. The molecule has 0 spiro atoms. The molecule has 2 aromatic rings. The van der Waals surface area contributed by atoms with Gasteiger partial charge >= 0.3 is 0 Å². The number of hydrogen-bond donors (Lipinski definition) is 2. The summed E-state index contributed by atoms with van der Waals surface area (Å²) in [5.41, 5.74) is 1.83. The smallest absolute Gasteiger partial charge is 0.255 e. The predicted molar refractivity (Wildman–Crippen MR) is 89.1 cm³/mol. The van der Waals surface area contributed by atoms with E-state index in [0.717, 1.165) is 5.56 Å². The highest BCUT2D eigenvalue weighted by Gasteiger charge is 2.12. The Balaban J connectivity index is 2.18. The van der Waals surface area contributed by atoms with Gasteiger partial charge in [-0.3, -0.25) is 4.79 Å². The highest BCUT2D eigenvalue weighted by Crippen LogP contribution is 2.29. The zero-order valence-electron chi connectivity index (χ0n) is 13.5. The summed E-state index contributed by atoms with van der Waals surface area (Å²) >= 11 is 0. The number of benzene rings is 2. The van der Waals surface area contributed by atoms with E-state index in [0.29, 0.717) is 22.7 Å². The van der Waals surface area contributed by atoms with Crippen molar-refractivity contribution in [2.45, 2.75) is 26.6 Å². The first kappa shape index (κ1) is 16.8. The quantitative estimate of drug-likeness (QED) is 0.859. The number of rotatable bonds is 6. The summed E-state index contributed by atoms with van der Waals surface area (Å²) in [7, 11) is 1.54. The van der Waals surface area contributed by atoms with Crippen molar-refractivity contribution in [3.05, 3.63) is 53.6 Å². The summed E-state index contributed by atoms with van der Waals surface area (Å²) in [6.45, 7) is 3.78. The van der Waals surface area contributed by atoms with Crippen LogP contribution in [-0.2, 0) is 6.61 Å². The lowest BCUT2D eigenvalue weighted by Gasteiger charge is -2.14. The predicted octanol–water partition coefficient (Wildman–Crippen LogP) is 3.23. The number of aliphatic hydroxyl groups excluding tert-OH is 1. The van der Waals surface area contributed by atoms with E-state index in [-0.39, 0.29) is 18.6 Å². The van der Waals surface area contributed by atoms with Gasteiger partial charge in [0.05, 0.1) is 19.8 Å². The van der Waals surface area contributed by atoms with Gasteiger partial charge in [-0.05, 0) is 49.7 Å². The average Bonchev–Trinajstić information content (AvgIpc) is 2.54. The van der Waals surface area contributed by atoms with Crippen LogP contribution in [-0.4, -0.2) is 24.2 Å². The van der Waals surface area contributed by atoms with E-state index < -0.39 is 0 Å². The number of hydrogen-bond acceptors (Lipinski definition) is 4. The average molecular weight is 315 g/mol. The molecule has 0 saturated heterocycles. The molecular formula is C18H21NO4. The molecule has 0 aliphatic rings. The zero-order chi connectivity index (χ0) is 16.8. The van der Waals surface area contributed by atoms with E-state index in [1.165, 1.54) is 7.11 Å². The van der Waals surface area contributed by atoms with Crippen LogP contribution >= 0.6 is 0 Å². The molecule has 0 saturated carbocycles. The minimum absolute atomic E-state index is 0.0183. The van der Waals surface area contributed by atoms with Crippen LogP contribution in [0.1, 0.15) is 29.8 Å². The summed E-state index contributed by atoms with van der Waals surface area (Å²) in [6.07, 6.45) is 0.0183. The molecule has 0 heterocycles. The lowest BCUT2D eigenvalue weighted by atomic mass is 10.1. The first-order valence-electron chi connectivity index (χ1n) is 7.39. The van der Waals surface area contributed by atoms with Crippen molar-refractivity contribution < 1.29 is 19.4 Å². The first-order valence-corrected chi connectivity index (χ1v) is 7.39. The molecule has 122 valence electrons. The third-order valence-corrected chi connectivity index (χ3v) is 3.16. The second-order valence-corrected chi connectivity index (χ2v) is 5.34. The number of amides is 1. The largest absolute Gasteiger partial charge is 0.493 e. The van der Waals surface area contributed by atoms with Gasteiger partial charge in [0.2, 0.25) is 0 Å². The molecule has 1 amide bonds. The van der Waals surface area contributed by atoms with Gasteiger partial charge in [0.15, 0.2) is 11.5 Å². The maximum atomic E-state index is 12.3. The Labute approximate surface area is 135 Å². The summed E-state index contributed by atoms with van der Waals surface area (Å²) in [4.78, 5) is 12.3. The Morgan fingerprint density at radius 2 is 1.96 bits per heavy atom. The standard InChI is InChI=1S/C18H21NO4/c1-12(2)23-16-8-7-14(10-17(16)22-3)18(21)19-15-6-4-5-13(9-15)11-20/h4-10,12,20H,11H2,1-3H3,(H,19,21). The van der Waals surface area contributed by atoms with Gasteiger partial charge in [-0.25, -0.2) is 0 Å². The molecule has 2 aromatic carbocycles. The van der Waals surface area contributed by atoms with Crippen LogP contribution in [0.4, 0.5) is 5.69 Å². The van der Waals surface area contributed by atoms with Crippen LogP contribution in [0.2, 0.25) is 0 Å². The maximum Gasteiger partial charge on any atom is 0.255 e. The maximum absolute atomic E-state index is 12.3. The van der Waals surface area contributed by atoms with Crippen LogP contribution in [0.3, 0.4) is 0 Å². The molecule has 0 fully saturated rings. The normalized spacial score (nSPS) is 10.5. The van der Waals surface area contributed by atoms with Crippen LogP contribution in [0, 0.1) is 0 Å². The van der Waals surface area contributed by atoms with Crippen molar-refractivity contribution in [3.63, 3.8) is 0 Å². The SMILES string of the molecule is COc1cc(C(=O)Nc2cccc(CO)c2)ccc1OC(C)C. The molecule has 0 atom stereocenters. The lowest BCUT2D eigenvalue weighted by Crippen LogP contribution is -2.13. The van der Waals surface area contributed by atoms with E-state index in [9.17, 15) is 4.79 Å². The Kier molecular flexibility index (Phi) is 5.60. The number of carbonyl (C=O) groups excluding carboxylic acids is 1. The third-order valence-electron chi connectivity index (χ3n) is 3.16. The van der Waals surface area contributed by atoms with Crippen LogP contribution in [0.15, 0.2) is 42.5 Å². The summed E-state index contributed by atoms with van der Waals surface area (Å²) in [5.74, 6) is 0.853. The Hall–Kier alpha value is -2.53. The van der Waals surface area contributed by atoms with E-state index in [1.54, 1.807) is 42.5 Å². The molecule has 23 heavy (non-hydrogen) atoms. The molecule has 2 rings (SSSR count). The van der Waals surface area contributed by atoms with Crippen molar-refractivity contribution in [1.82, 2.24) is 0 Å². The van der Waals surface area contributed by atoms with Crippen molar-refractivity contribution in [1.29, 1.82) is 0 Å². The van der Waals surface area contributed by atoms with Crippen molar-refractivity contribution >= 4 is 11.6 Å². The molecule has 0 aromatic heterocycles. The summed E-state index contributed by atoms with van der Waals surface area (Å²) in [6, 6.07) is 12.1. The fraction of sp³-hybridized carbons (Fsp3) is 0.278. The van der Waals surface area contributed by atoms with E-state index >= 15 is 0 Å². The highest BCUT2D eigenvalue weighted by molar-refractivity contribution is 6.04. The van der Waals surface area contributed by atoms with Gasteiger partial charge in [0.25, 0.3) is 5.91 Å². The third kappa shape index (κ3) is 4.47. The molecule has 0 aliphatic carbocycles. The van der Waals surface area contributed by atoms with Gasteiger partial charge in [0, 0.05) is 11.3 Å². The van der Waals surface area contributed by atoms with E-state index in [1.807, 2.05) is 13.8 Å². The van der Waals surface area contributed by atoms with Crippen LogP contribution in [0.5, 0.6) is 11.5 Å². The second kappa shape index (κ2) is 7.65. The number of anilines is 1. The van der Waals surface area contributed by atoms with Crippen LogP contribution < -0.4 is 14.8 Å². The number of nitrogens with one attached hydrogen (secondary N) is 1. The minimum atomic E-state index is -0.255. The summed E-state index contributed by atoms with van der Waals surface area (Å²) < 4.78 is 10.9. The molecule has 0 bridgehead atoms. The zero-order valence-corrected chi connectivity index (χ0v) is 13.5. The molecule has 0 unspecified atom stereocenters. The number of methoxy groups -OCH3 is 1. The van der Waals surface area contributed by atoms with Crippen molar-refractivity contribution in [2.24, 2.45) is 0 Å². The minimum Gasteiger partial charge on any atom is -0.493 e. The molecule has 0 aliphatic heterocycles. The van der Waals surface area contributed by atoms with E-state index in [2.05, 4.69) is 5.32 Å². The Bertz CT molecular complexity index is 682. The van der Waals surface area contributed by atoms with Gasteiger partial charge in [-0.15, -0.1) is 0 Å². The highest BCUT2D eigenvalue weighted by atomic mass is 16.5. The molecule has 5 nitrogen and oxygen atoms in total. The molecule has 5 heteroatoms. The van der Waals surface area contributed by atoms with Crippen LogP contribution in [0.25, 0.3) is 0 Å². The molecular weight excluding hydrogens is 294 g/mol. The number of ether oxygens (including phenoxy) is 2.